The average Bonchev–Trinajstić information content (AvgIpc) is 2.15. The molecule has 0 atom stereocenters. The fraction of sp³-hybridized carbons (Fsp3) is 0.286. The summed E-state index contributed by atoms with van der Waals surface area (Å²) >= 11 is 0. The molecule has 0 spiro atoms. The highest BCUT2D eigenvalue weighted by molar-refractivity contribution is 5.50. The van der Waals surface area contributed by atoms with Gasteiger partial charge in [0.2, 0.25) is 5.75 Å². The topological polar surface area (TPSA) is 65.3 Å². The lowest BCUT2D eigenvalue weighted by Gasteiger charge is -2.07. The largest absolute Gasteiger partial charge is 0.490 e. The Balaban J connectivity index is 3.47. The molecule has 82 valence electrons. The van der Waals surface area contributed by atoms with E-state index in [1.54, 1.807) is 0 Å². The van der Waals surface area contributed by atoms with Gasteiger partial charge in [-0.15, -0.1) is 0 Å². The second-order valence-corrected chi connectivity index (χ2v) is 2.44. The average molecular weight is 222 g/mol. The molecule has 0 amide bonds. The first-order valence-corrected chi connectivity index (χ1v) is 3.64. The molecule has 0 aliphatic carbocycles. The second-order valence-electron chi connectivity index (χ2n) is 2.44. The zero-order chi connectivity index (χ0) is 11.6. The molecule has 0 aliphatic rings. The molecule has 0 unspecified atom stereocenters. The highest BCUT2D eigenvalue weighted by Crippen LogP contribution is 2.37. The predicted molar refractivity (Wildman–Crippen MR) is 42.4 cm³/mol. The van der Waals surface area contributed by atoms with Crippen LogP contribution in [0.25, 0.3) is 0 Å². The number of nitro groups is 1. The van der Waals surface area contributed by atoms with E-state index in [1.807, 2.05) is 0 Å². The van der Waals surface area contributed by atoms with Crippen molar-refractivity contribution in [2.24, 2.45) is 0 Å². The minimum Gasteiger partial charge on any atom is -0.490 e. The maximum absolute atomic E-state index is 12.9. The van der Waals surface area contributed by atoms with Crippen LogP contribution in [-0.4, -0.2) is 17.0 Å². The summed E-state index contributed by atoms with van der Waals surface area (Å²) in [5, 5.41) is 10.4. The lowest BCUT2D eigenvalue weighted by molar-refractivity contribution is -0.389. The predicted octanol–water partition coefficient (Wildman–Crippen LogP) is 2.08. The van der Waals surface area contributed by atoms with Crippen molar-refractivity contribution >= 4 is 5.69 Å². The standard InChI is InChI=1S/C7H5F3N2O3/c1-15-5-3(6(8)9)2-11-7(10)4(5)12(13)14/h2,6H,1H3. The fourth-order valence-corrected chi connectivity index (χ4v) is 1.00. The molecule has 1 heterocycles. The van der Waals surface area contributed by atoms with E-state index in [0.29, 0.717) is 6.20 Å². The van der Waals surface area contributed by atoms with Gasteiger partial charge in [-0.05, 0) is 0 Å². The summed E-state index contributed by atoms with van der Waals surface area (Å²) in [7, 11) is 0.938. The smallest absolute Gasteiger partial charge is 0.365 e. The molecule has 1 aromatic rings. The van der Waals surface area contributed by atoms with E-state index in [2.05, 4.69) is 9.72 Å². The van der Waals surface area contributed by atoms with Crippen molar-refractivity contribution in [3.63, 3.8) is 0 Å². The fourth-order valence-electron chi connectivity index (χ4n) is 1.00. The van der Waals surface area contributed by atoms with Crippen LogP contribution in [0.4, 0.5) is 18.9 Å². The Kier molecular flexibility index (Phi) is 3.08. The third-order valence-electron chi connectivity index (χ3n) is 1.61. The molecule has 0 saturated heterocycles. The number of halogens is 3. The van der Waals surface area contributed by atoms with Crippen LogP contribution in [0.15, 0.2) is 6.20 Å². The SMILES string of the molecule is COc1c(C(F)F)cnc(F)c1[N+](=O)[O-]. The van der Waals surface area contributed by atoms with E-state index >= 15 is 0 Å². The van der Waals surface area contributed by atoms with Crippen molar-refractivity contribution in [3.8, 4) is 5.75 Å². The van der Waals surface area contributed by atoms with E-state index < -0.39 is 34.3 Å². The summed E-state index contributed by atoms with van der Waals surface area (Å²) in [5.74, 6) is -2.26. The zero-order valence-electron chi connectivity index (χ0n) is 7.41. The van der Waals surface area contributed by atoms with Gasteiger partial charge < -0.3 is 4.74 Å². The van der Waals surface area contributed by atoms with Gasteiger partial charge in [0.15, 0.2) is 0 Å². The number of alkyl halides is 2. The van der Waals surface area contributed by atoms with Gasteiger partial charge in [0.25, 0.3) is 12.4 Å². The minimum absolute atomic E-state index is 0.506. The van der Waals surface area contributed by atoms with Crippen molar-refractivity contribution in [1.29, 1.82) is 0 Å². The normalized spacial score (nSPS) is 10.5. The summed E-state index contributed by atoms with van der Waals surface area (Å²) < 4.78 is 41.9. The third kappa shape index (κ3) is 1.97. The van der Waals surface area contributed by atoms with Crippen molar-refractivity contribution in [3.05, 3.63) is 27.8 Å². The van der Waals surface area contributed by atoms with E-state index in [-0.39, 0.29) is 0 Å². The Morgan fingerprint density at radius 3 is 2.60 bits per heavy atom. The number of hydrogen-bond donors (Lipinski definition) is 0. The molecule has 0 aliphatic heterocycles. The number of methoxy groups -OCH3 is 1. The van der Waals surface area contributed by atoms with Gasteiger partial charge in [-0.2, -0.15) is 4.39 Å². The molecule has 0 radical (unpaired) electrons. The van der Waals surface area contributed by atoms with Gasteiger partial charge in [0.1, 0.15) is 0 Å². The third-order valence-corrected chi connectivity index (χ3v) is 1.61. The van der Waals surface area contributed by atoms with Crippen LogP contribution in [0.2, 0.25) is 0 Å². The number of rotatable bonds is 3. The molecule has 15 heavy (non-hydrogen) atoms. The highest BCUT2D eigenvalue weighted by Gasteiger charge is 2.29. The Hall–Kier alpha value is -1.86. The van der Waals surface area contributed by atoms with Crippen LogP contribution in [0, 0.1) is 16.1 Å². The first kappa shape index (κ1) is 11.2. The van der Waals surface area contributed by atoms with Crippen LogP contribution in [0.5, 0.6) is 5.75 Å². The molecule has 5 nitrogen and oxygen atoms in total. The molecule has 8 heteroatoms. The second kappa shape index (κ2) is 4.11. The molecular formula is C7H5F3N2O3. The maximum atomic E-state index is 12.9. The lowest BCUT2D eigenvalue weighted by Crippen LogP contribution is -2.03. The van der Waals surface area contributed by atoms with Gasteiger partial charge >= 0.3 is 5.69 Å². The number of hydrogen-bond acceptors (Lipinski definition) is 4. The van der Waals surface area contributed by atoms with E-state index in [4.69, 9.17) is 0 Å². The van der Waals surface area contributed by atoms with Gasteiger partial charge in [-0.1, -0.05) is 0 Å². The number of ether oxygens (including phenoxy) is 1. The van der Waals surface area contributed by atoms with Crippen LogP contribution in [0.1, 0.15) is 12.0 Å². The molecule has 1 aromatic heterocycles. The highest BCUT2D eigenvalue weighted by atomic mass is 19.3. The summed E-state index contributed by atoms with van der Waals surface area (Å²) in [6.45, 7) is 0. The molecule has 0 aromatic carbocycles. The van der Waals surface area contributed by atoms with Crippen LogP contribution < -0.4 is 4.74 Å². The van der Waals surface area contributed by atoms with E-state index in [1.165, 1.54) is 0 Å². The van der Waals surface area contributed by atoms with E-state index in [9.17, 15) is 23.3 Å². The van der Waals surface area contributed by atoms with Crippen LogP contribution >= 0.6 is 0 Å². The maximum Gasteiger partial charge on any atom is 0.365 e. The molecule has 0 saturated carbocycles. The quantitative estimate of drug-likeness (QED) is 0.446. The van der Waals surface area contributed by atoms with E-state index in [0.717, 1.165) is 7.11 Å². The summed E-state index contributed by atoms with van der Waals surface area (Å²) in [4.78, 5) is 12.1. The van der Waals surface area contributed by atoms with Crippen LogP contribution in [-0.2, 0) is 0 Å². The Bertz CT molecular complexity index is 397. The monoisotopic (exact) mass is 222 g/mol. The zero-order valence-corrected chi connectivity index (χ0v) is 7.41. The lowest BCUT2D eigenvalue weighted by atomic mass is 10.2. The summed E-state index contributed by atoms with van der Waals surface area (Å²) in [6, 6.07) is 0. The first-order chi connectivity index (χ1) is 6.99. The van der Waals surface area contributed by atoms with Crippen molar-refractivity contribution in [1.82, 2.24) is 4.98 Å². The Morgan fingerprint density at radius 1 is 1.60 bits per heavy atom. The number of nitrogens with zero attached hydrogens (tertiary/aromatic N) is 2. The van der Waals surface area contributed by atoms with Crippen molar-refractivity contribution in [2.75, 3.05) is 7.11 Å². The van der Waals surface area contributed by atoms with Gasteiger partial charge in [0, 0.05) is 6.20 Å². The first-order valence-electron chi connectivity index (χ1n) is 3.64. The molecule has 1 rings (SSSR count). The molecule has 0 bridgehead atoms. The van der Waals surface area contributed by atoms with Crippen molar-refractivity contribution < 1.29 is 22.8 Å². The van der Waals surface area contributed by atoms with Gasteiger partial charge in [-0.3, -0.25) is 10.1 Å². The molecular weight excluding hydrogens is 217 g/mol. The summed E-state index contributed by atoms with van der Waals surface area (Å²) in [6.07, 6.45) is -2.52. The number of aromatic nitrogens is 1. The molecule has 0 N–H and O–H groups in total. The molecule has 0 fully saturated rings. The Labute approximate surface area is 81.6 Å². The van der Waals surface area contributed by atoms with Gasteiger partial charge in [0.05, 0.1) is 17.6 Å². The minimum atomic E-state index is -3.02. The Morgan fingerprint density at radius 2 is 2.20 bits per heavy atom. The van der Waals surface area contributed by atoms with Gasteiger partial charge in [-0.25, -0.2) is 13.8 Å². The number of pyridine rings is 1. The summed E-state index contributed by atoms with van der Waals surface area (Å²) in [5.41, 5.74) is -2.00. The van der Waals surface area contributed by atoms with Crippen LogP contribution in [0.3, 0.4) is 0 Å². The van der Waals surface area contributed by atoms with Crippen molar-refractivity contribution in [2.45, 2.75) is 6.43 Å².